The number of nitrogens with zero attached hydrogens (tertiary/aromatic N) is 1. The molecule has 1 saturated heterocycles. The third kappa shape index (κ3) is 3.26. The molecule has 0 aromatic heterocycles. The molecule has 0 unspecified atom stereocenters. The number of hydrogen-bond donors (Lipinski definition) is 1. The quantitative estimate of drug-likeness (QED) is 0.894. The Hall–Kier alpha value is -1.47. The summed E-state index contributed by atoms with van der Waals surface area (Å²) in [6.07, 6.45) is 2.01. The first-order valence-corrected chi connectivity index (χ1v) is 9.51. The molecule has 2 atom stereocenters. The number of hydrogen-bond acceptors (Lipinski definition) is 3. The van der Waals surface area contributed by atoms with Gasteiger partial charge in [-0.2, -0.15) is 0 Å². The van der Waals surface area contributed by atoms with Crippen LogP contribution < -0.4 is 5.32 Å². The maximum absolute atomic E-state index is 13.2. The first kappa shape index (κ1) is 16.4. The lowest BCUT2D eigenvalue weighted by Gasteiger charge is -2.16. The number of nitrogens with one attached hydrogen (secondary N) is 1. The molecule has 2 aliphatic rings. The third-order valence-electron chi connectivity index (χ3n) is 4.80. The summed E-state index contributed by atoms with van der Waals surface area (Å²) >= 11 is 0. The smallest absolute Gasteiger partial charge is 0.228 e. The largest absolute Gasteiger partial charge is 0.326 e. The van der Waals surface area contributed by atoms with E-state index in [4.69, 9.17) is 0 Å². The van der Waals surface area contributed by atoms with Crippen molar-refractivity contribution in [2.45, 2.75) is 26.2 Å². The van der Waals surface area contributed by atoms with E-state index in [1.807, 2.05) is 6.92 Å². The fraction of sp³-hybridized carbons (Fsp3) is 0.562. The van der Waals surface area contributed by atoms with Gasteiger partial charge < -0.3 is 5.32 Å². The monoisotopic (exact) mass is 340 g/mol. The molecule has 1 aromatic rings. The summed E-state index contributed by atoms with van der Waals surface area (Å²) in [6, 6.07) is 5.78. The van der Waals surface area contributed by atoms with E-state index in [1.165, 1.54) is 16.4 Å². The Bertz CT molecular complexity index is 722. The van der Waals surface area contributed by atoms with Crippen molar-refractivity contribution in [2.24, 2.45) is 11.3 Å². The lowest BCUT2D eigenvalue weighted by molar-refractivity contribution is -0.118. The third-order valence-corrected chi connectivity index (χ3v) is 6.83. The van der Waals surface area contributed by atoms with Crippen molar-refractivity contribution in [3.05, 3.63) is 30.1 Å². The molecule has 0 bridgehead atoms. The minimum atomic E-state index is -3.20. The summed E-state index contributed by atoms with van der Waals surface area (Å²) in [6.45, 7) is 2.76. The zero-order valence-electron chi connectivity index (χ0n) is 13.1. The maximum atomic E-state index is 13.2. The van der Waals surface area contributed by atoms with Gasteiger partial charge in [-0.05, 0) is 42.9 Å². The number of carbonyl (C=O) groups excluding carboxylic acids is 1. The topological polar surface area (TPSA) is 66.5 Å². The molecule has 1 saturated carbocycles. The fourth-order valence-corrected chi connectivity index (χ4v) is 5.04. The highest BCUT2D eigenvalue weighted by Gasteiger charge is 2.61. The Balaban J connectivity index is 1.62. The normalized spacial score (nSPS) is 27.3. The predicted molar refractivity (Wildman–Crippen MR) is 85.8 cm³/mol. The van der Waals surface area contributed by atoms with E-state index in [1.54, 1.807) is 12.1 Å². The van der Waals surface area contributed by atoms with Gasteiger partial charge in [0.2, 0.25) is 15.9 Å². The minimum absolute atomic E-state index is 0.148. The summed E-state index contributed by atoms with van der Waals surface area (Å²) in [5.41, 5.74) is 0.212. The average Bonchev–Trinajstić information content (AvgIpc) is 2.98. The minimum Gasteiger partial charge on any atom is -0.326 e. The van der Waals surface area contributed by atoms with E-state index in [9.17, 15) is 17.6 Å². The van der Waals surface area contributed by atoms with Crippen LogP contribution in [-0.2, 0) is 14.8 Å². The fourth-order valence-electron chi connectivity index (χ4n) is 3.45. The molecule has 1 heterocycles. The lowest BCUT2D eigenvalue weighted by Crippen LogP contribution is -2.31. The van der Waals surface area contributed by atoms with Crippen LogP contribution in [-0.4, -0.2) is 37.5 Å². The van der Waals surface area contributed by atoms with Crippen LogP contribution in [0.5, 0.6) is 0 Å². The molecule has 1 aromatic carbocycles. The van der Waals surface area contributed by atoms with E-state index in [0.29, 0.717) is 31.6 Å². The number of anilines is 1. The molecule has 5 nitrogen and oxygen atoms in total. The van der Waals surface area contributed by atoms with Gasteiger partial charge in [0.05, 0.1) is 5.75 Å². The van der Waals surface area contributed by atoms with Crippen molar-refractivity contribution >= 4 is 21.6 Å². The number of carbonyl (C=O) groups is 1. The van der Waals surface area contributed by atoms with Crippen LogP contribution in [0.15, 0.2) is 24.3 Å². The highest BCUT2D eigenvalue weighted by atomic mass is 32.2. The van der Waals surface area contributed by atoms with E-state index in [-0.39, 0.29) is 23.0 Å². The van der Waals surface area contributed by atoms with Gasteiger partial charge in [-0.3, -0.25) is 4.79 Å². The second-order valence-electron chi connectivity index (χ2n) is 6.52. The predicted octanol–water partition coefficient (Wildman–Crippen LogP) is 2.22. The zero-order valence-corrected chi connectivity index (χ0v) is 13.9. The Morgan fingerprint density at radius 2 is 2.26 bits per heavy atom. The average molecular weight is 340 g/mol. The van der Waals surface area contributed by atoms with Gasteiger partial charge in [0.25, 0.3) is 0 Å². The Morgan fingerprint density at radius 1 is 1.48 bits per heavy atom. The number of sulfonamides is 1. The van der Waals surface area contributed by atoms with Crippen molar-refractivity contribution in [3.63, 3.8) is 0 Å². The van der Waals surface area contributed by atoms with Crippen molar-refractivity contribution < 1.29 is 17.6 Å². The first-order chi connectivity index (χ1) is 10.9. The maximum Gasteiger partial charge on any atom is 0.228 e. The van der Waals surface area contributed by atoms with Gasteiger partial charge in [0.1, 0.15) is 5.82 Å². The Kier molecular flexibility index (Phi) is 4.18. The molecule has 1 N–H and O–H groups in total. The van der Waals surface area contributed by atoms with Crippen LogP contribution >= 0.6 is 0 Å². The van der Waals surface area contributed by atoms with Crippen LogP contribution in [0.3, 0.4) is 0 Å². The van der Waals surface area contributed by atoms with Gasteiger partial charge in [0.15, 0.2) is 0 Å². The standard InChI is InChI=1S/C16H21FN2O3S/c1-2-8-23(21,22)19-7-6-16(11-19)10-14(16)15(20)18-13-5-3-4-12(17)9-13/h3-5,9,14H,2,6-8,10-11H2,1H3,(H,18,20)/t14-,16-/m1/s1. The van der Waals surface area contributed by atoms with Crippen LogP contribution in [0.2, 0.25) is 0 Å². The molecule has 1 spiro atoms. The Labute approximate surface area is 135 Å². The molecule has 126 valence electrons. The molecular weight excluding hydrogens is 319 g/mol. The van der Waals surface area contributed by atoms with Crippen LogP contribution in [0.25, 0.3) is 0 Å². The summed E-state index contributed by atoms with van der Waals surface area (Å²) in [5.74, 6) is -0.576. The van der Waals surface area contributed by atoms with Crippen LogP contribution in [0.1, 0.15) is 26.2 Å². The van der Waals surface area contributed by atoms with Gasteiger partial charge in [-0.1, -0.05) is 13.0 Å². The van der Waals surface area contributed by atoms with Crippen molar-refractivity contribution in [1.82, 2.24) is 4.31 Å². The molecule has 1 aliphatic heterocycles. The molecule has 1 aliphatic carbocycles. The lowest BCUT2D eigenvalue weighted by atomic mass is 10.0. The Morgan fingerprint density at radius 3 is 2.96 bits per heavy atom. The number of amides is 1. The first-order valence-electron chi connectivity index (χ1n) is 7.90. The molecular formula is C16H21FN2O3S. The number of halogens is 1. The summed E-state index contributed by atoms with van der Waals surface area (Å²) < 4.78 is 39.0. The zero-order chi connectivity index (χ0) is 16.7. The summed E-state index contributed by atoms with van der Waals surface area (Å²) in [7, 11) is -3.20. The molecule has 1 amide bonds. The molecule has 23 heavy (non-hydrogen) atoms. The van der Waals surface area contributed by atoms with E-state index >= 15 is 0 Å². The molecule has 2 fully saturated rings. The second kappa shape index (κ2) is 5.87. The van der Waals surface area contributed by atoms with Crippen LogP contribution in [0.4, 0.5) is 10.1 Å². The van der Waals surface area contributed by atoms with Crippen molar-refractivity contribution in [2.75, 3.05) is 24.2 Å². The molecule has 3 rings (SSSR count). The van der Waals surface area contributed by atoms with E-state index in [2.05, 4.69) is 5.32 Å². The molecule has 7 heteroatoms. The van der Waals surface area contributed by atoms with Crippen molar-refractivity contribution in [3.8, 4) is 0 Å². The van der Waals surface area contributed by atoms with Gasteiger partial charge in [-0.15, -0.1) is 0 Å². The number of benzene rings is 1. The second-order valence-corrected chi connectivity index (χ2v) is 8.61. The highest BCUT2D eigenvalue weighted by molar-refractivity contribution is 7.89. The summed E-state index contributed by atoms with van der Waals surface area (Å²) in [4.78, 5) is 12.3. The van der Waals surface area contributed by atoms with Gasteiger partial charge >= 0.3 is 0 Å². The van der Waals surface area contributed by atoms with Gasteiger partial charge in [0, 0.05) is 24.7 Å². The van der Waals surface area contributed by atoms with Crippen molar-refractivity contribution in [1.29, 1.82) is 0 Å². The van der Waals surface area contributed by atoms with Gasteiger partial charge in [-0.25, -0.2) is 17.1 Å². The summed E-state index contributed by atoms with van der Waals surface area (Å²) in [5, 5.41) is 2.73. The number of rotatable bonds is 5. The molecule has 0 radical (unpaired) electrons. The SMILES string of the molecule is CCCS(=O)(=O)N1CC[C@@]2(C[C@@H]2C(=O)Nc2cccc(F)c2)C1. The van der Waals surface area contributed by atoms with Crippen LogP contribution in [0, 0.1) is 17.2 Å². The van der Waals surface area contributed by atoms with E-state index < -0.39 is 15.8 Å². The highest BCUT2D eigenvalue weighted by Crippen LogP contribution is 2.59. The van der Waals surface area contributed by atoms with E-state index in [0.717, 1.165) is 6.42 Å².